The zero-order valence-corrected chi connectivity index (χ0v) is 11.5. The number of aliphatic hydroxyl groups excluding tert-OH is 1. The first-order valence-electron chi connectivity index (χ1n) is 5.66. The molecule has 100 valence electrons. The summed E-state index contributed by atoms with van der Waals surface area (Å²) in [6.45, 7) is 0.914. The van der Waals surface area contributed by atoms with Crippen LogP contribution in [-0.2, 0) is 6.54 Å². The highest BCUT2D eigenvalue weighted by Gasteiger charge is 2.12. The zero-order chi connectivity index (χ0) is 13.7. The maximum absolute atomic E-state index is 9.14. The summed E-state index contributed by atoms with van der Waals surface area (Å²) in [5, 5.41) is 9.20. The fourth-order valence-electron chi connectivity index (χ4n) is 1.63. The van der Waals surface area contributed by atoms with Gasteiger partial charge in [0.1, 0.15) is 0 Å². The Hall–Kier alpha value is -1.43. The summed E-state index contributed by atoms with van der Waals surface area (Å²) >= 11 is 11.5. The molecule has 0 aliphatic rings. The number of halogens is 2. The average Bonchev–Trinajstić information content (AvgIpc) is 2.38. The second-order valence-corrected chi connectivity index (χ2v) is 4.48. The van der Waals surface area contributed by atoms with Crippen molar-refractivity contribution in [3.8, 4) is 0 Å². The van der Waals surface area contributed by atoms with Crippen molar-refractivity contribution in [2.45, 2.75) is 6.54 Å². The van der Waals surface area contributed by atoms with Gasteiger partial charge in [0, 0.05) is 13.1 Å². The summed E-state index contributed by atoms with van der Waals surface area (Å²) in [6.07, 6.45) is 0. The van der Waals surface area contributed by atoms with Crippen LogP contribution in [0, 0.1) is 0 Å². The second kappa shape index (κ2) is 6.65. The lowest BCUT2D eigenvalue weighted by atomic mass is 10.2. The Bertz CT molecular complexity index is 518. The second-order valence-electron chi connectivity index (χ2n) is 3.80. The van der Waals surface area contributed by atoms with Crippen LogP contribution >= 0.6 is 23.2 Å². The van der Waals surface area contributed by atoms with Crippen molar-refractivity contribution in [2.24, 2.45) is 0 Å². The van der Waals surface area contributed by atoms with Gasteiger partial charge in [-0.15, -0.1) is 0 Å². The number of nitrogens with zero attached hydrogens (tertiary/aromatic N) is 4. The highest BCUT2D eigenvalue weighted by molar-refractivity contribution is 6.31. The van der Waals surface area contributed by atoms with Crippen LogP contribution in [0.5, 0.6) is 0 Å². The molecule has 2 aromatic rings. The molecular formula is C12H12Cl2N4O. The predicted molar refractivity (Wildman–Crippen MR) is 74.4 cm³/mol. The third-order valence-corrected chi connectivity index (χ3v) is 2.78. The van der Waals surface area contributed by atoms with E-state index in [1.165, 1.54) is 0 Å². The van der Waals surface area contributed by atoms with Crippen LogP contribution in [-0.4, -0.2) is 33.2 Å². The quantitative estimate of drug-likeness (QED) is 0.917. The van der Waals surface area contributed by atoms with Gasteiger partial charge >= 0.3 is 0 Å². The maximum atomic E-state index is 9.14. The molecule has 0 atom stereocenters. The number of hydrogen-bond acceptors (Lipinski definition) is 5. The minimum atomic E-state index is -0.0201. The molecule has 0 spiro atoms. The molecule has 1 aromatic carbocycles. The van der Waals surface area contributed by atoms with E-state index in [2.05, 4.69) is 15.0 Å². The van der Waals surface area contributed by atoms with Crippen LogP contribution < -0.4 is 4.90 Å². The van der Waals surface area contributed by atoms with Crippen LogP contribution in [0.4, 0.5) is 5.95 Å². The number of hydrogen-bond donors (Lipinski definition) is 1. The smallest absolute Gasteiger partial charge is 0.231 e. The van der Waals surface area contributed by atoms with Gasteiger partial charge < -0.3 is 10.0 Å². The fourth-order valence-corrected chi connectivity index (χ4v) is 1.99. The Morgan fingerprint density at radius 3 is 2.21 bits per heavy atom. The van der Waals surface area contributed by atoms with E-state index in [4.69, 9.17) is 28.3 Å². The Balaban J connectivity index is 2.24. The lowest BCUT2D eigenvalue weighted by molar-refractivity contribution is 0.300. The Morgan fingerprint density at radius 1 is 1.00 bits per heavy atom. The molecule has 2 rings (SSSR count). The van der Waals surface area contributed by atoms with Gasteiger partial charge in [-0.05, 0) is 28.8 Å². The lowest BCUT2D eigenvalue weighted by Gasteiger charge is -2.21. The molecule has 0 amide bonds. The van der Waals surface area contributed by atoms with Crippen LogP contribution in [0.25, 0.3) is 0 Å². The van der Waals surface area contributed by atoms with Gasteiger partial charge in [-0.2, -0.15) is 15.0 Å². The van der Waals surface area contributed by atoms with Gasteiger partial charge in [0.15, 0.2) is 0 Å². The lowest BCUT2D eigenvalue weighted by Crippen LogP contribution is -2.28. The Kier molecular flexibility index (Phi) is 4.90. The molecule has 0 saturated heterocycles. The first kappa shape index (κ1) is 14.0. The van der Waals surface area contributed by atoms with Crippen molar-refractivity contribution in [3.63, 3.8) is 0 Å². The molecule has 0 aliphatic heterocycles. The number of aromatic nitrogens is 3. The average molecular weight is 299 g/mol. The molecule has 1 N–H and O–H groups in total. The summed E-state index contributed by atoms with van der Waals surface area (Å²) < 4.78 is 0. The van der Waals surface area contributed by atoms with E-state index in [0.717, 1.165) is 5.56 Å². The standard InChI is InChI=1S/C12H12Cl2N4O/c13-10-15-11(14)17-12(16-10)18(6-7-19)8-9-4-2-1-3-5-9/h1-5,19H,6-8H2. The third kappa shape index (κ3) is 4.02. The molecule has 0 unspecified atom stereocenters. The van der Waals surface area contributed by atoms with Crippen molar-refractivity contribution in [1.82, 2.24) is 15.0 Å². The molecule has 0 aliphatic carbocycles. The SMILES string of the molecule is OCCN(Cc1ccccc1)c1nc(Cl)nc(Cl)n1. The van der Waals surface area contributed by atoms with Crippen LogP contribution in [0.1, 0.15) is 5.56 Å². The molecule has 19 heavy (non-hydrogen) atoms. The maximum Gasteiger partial charge on any atom is 0.231 e. The topological polar surface area (TPSA) is 62.1 Å². The Labute approximate surface area is 120 Å². The van der Waals surface area contributed by atoms with Crippen molar-refractivity contribution in [2.75, 3.05) is 18.1 Å². The highest BCUT2D eigenvalue weighted by atomic mass is 35.5. The summed E-state index contributed by atoms with van der Waals surface area (Å²) in [5.41, 5.74) is 1.07. The van der Waals surface area contributed by atoms with Gasteiger partial charge in [0.25, 0.3) is 0 Å². The van der Waals surface area contributed by atoms with E-state index >= 15 is 0 Å². The van der Waals surface area contributed by atoms with Gasteiger partial charge in [0.05, 0.1) is 6.61 Å². The molecule has 0 saturated carbocycles. The largest absolute Gasteiger partial charge is 0.395 e. The van der Waals surface area contributed by atoms with Gasteiger partial charge in [-0.3, -0.25) is 0 Å². The highest BCUT2D eigenvalue weighted by Crippen LogP contribution is 2.16. The van der Waals surface area contributed by atoms with E-state index in [0.29, 0.717) is 19.0 Å². The van der Waals surface area contributed by atoms with Crippen LogP contribution in [0.2, 0.25) is 10.6 Å². The summed E-state index contributed by atoms with van der Waals surface area (Å²) in [5.74, 6) is 0.350. The van der Waals surface area contributed by atoms with Gasteiger partial charge in [-0.25, -0.2) is 0 Å². The minimum absolute atomic E-state index is 0.0201. The summed E-state index contributed by atoms with van der Waals surface area (Å²) in [7, 11) is 0. The van der Waals surface area contributed by atoms with Crippen molar-refractivity contribution in [3.05, 3.63) is 46.5 Å². The Morgan fingerprint density at radius 2 is 1.63 bits per heavy atom. The summed E-state index contributed by atoms with van der Waals surface area (Å²) in [6, 6.07) is 9.79. The molecule has 5 nitrogen and oxygen atoms in total. The van der Waals surface area contributed by atoms with Crippen LogP contribution in [0.15, 0.2) is 30.3 Å². The van der Waals surface area contributed by atoms with E-state index in [-0.39, 0.29) is 17.2 Å². The number of benzene rings is 1. The van der Waals surface area contributed by atoms with Crippen molar-refractivity contribution >= 4 is 29.2 Å². The van der Waals surface area contributed by atoms with Crippen molar-refractivity contribution in [1.29, 1.82) is 0 Å². The predicted octanol–water partition coefficient (Wildman–Crippen LogP) is 2.18. The van der Waals surface area contributed by atoms with Crippen LogP contribution in [0.3, 0.4) is 0 Å². The monoisotopic (exact) mass is 298 g/mol. The molecule has 1 aromatic heterocycles. The number of anilines is 1. The van der Waals surface area contributed by atoms with E-state index < -0.39 is 0 Å². The molecule has 7 heteroatoms. The third-order valence-electron chi connectivity index (χ3n) is 2.44. The minimum Gasteiger partial charge on any atom is -0.395 e. The molecule has 0 bridgehead atoms. The molecule has 1 heterocycles. The van der Waals surface area contributed by atoms with Gasteiger partial charge in [-0.1, -0.05) is 30.3 Å². The number of rotatable bonds is 5. The summed E-state index contributed by atoms with van der Waals surface area (Å²) in [4.78, 5) is 13.5. The van der Waals surface area contributed by atoms with E-state index in [9.17, 15) is 0 Å². The fraction of sp³-hybridized carbons (Fsp3) is 0.250. The molecule has 0 radical (unpaired) electrons. The number of aliphatic hydroxyl groups is 1. The first-order chi connectivity index (χ1) is 9.19. The van der Waals surface area contributed by atoms with Crippen molar-refractivity contribution < 1.29 is 5.11 Å². The molecular weight excluding hydrogens is 287 g/mol. The zero-order valence-electron chi connectivity index (χ0n) is 10.0. The van der Waals surface area contributed by atoms with Gasteiger partial charge in [0.2, 0.25) is 16.5 Å². The normalized spacial score (nSPS) is 10.5. The van der Waals surface area contributed by atoms with E-state index in [1.807, 2.05) is 30.3 Å². The first-order valence-corrected chi connectivity index (χ1v) is 6.41. The van der Waals surface area contributed by atoms with E-state index in [1.54, 1.807) is 4.90 Å². The molecule has 0 fully saturated rings.